The SMILES string of the molecule is C#CC(C)(C)OCc1cc2ccc(OC)cc2nc1Cl. The van der Waals surface area contributed by atoms with E-state index in [0.29, 0.717) is 11.8 Å². The molecular formula is C16H16ClNO2. The zero-order valence-electron chi connectivity index (χ0n) is 11.7. The minimum absolute atomic E-state index is 0.324. The van der Waals surface area contributed by atoms with Gasteiger partial charge in [0.25, 0.3) is 0 Å². The van der Waals surface area contributed by atoms with E-state index in [1.54, 1.807) is 7.11 Å². The Morgan fingerprint density at radius 2 is 2.10 bits per heavy atom. The number of fused-ring (bicyclic) bond motifs is 1. The van der Waals surface area contributed by atoms with E-state index in [4.69, 9.17) is 27.5 Å². The van der Waals surface area contributed by atoms with Crippen molar-refractivity contribution in [3.63, 3.8) is 0 Å². The van der Waals surface area contributed by atoms with Crippen molar-refractivity contribution in [2.45, 2.75) is 26.1 Å². The van der Waals surface area contributed by atoms with Gasteiger partial charge in [-0.05, 0) is 32.0 Å². The van der Waals surface area contributed by atoms with Gasteiger partial charge in [-0.3, -0.25) is 0 Å². The highest BCUT2D eigenvalue weighted by Gasteiger charge is 2.15. The summed E-state index contributed by atoms with van der Waals surface area (Å²) in [5, 5.41) is 1.39. The third kappa shape index (κ3) is 3.22. The van der Waals surface area contributed by atoms with Crippen molar-refractivity contribution in [3.8, 4) is 18.1 Å². The van der Waals surface area contributed by atoms with Crippen LogP contribution in [0.25, 0.3) is 10.9 Å². The van der Waals surface area contributed by atoms with E-state index in [1.807, 2.05) is 38.1 Å². The monoisotopic (exact) mass is 289 g/mol. The predicted molar refractivity (Wildman–Crippen MR) is 81.0 cm³/mol. The van der Waals surface area contributed by atoms with Gasteiger partial charge in [0.1, 0.15) is 16.5 Å². The molecule has 0 saturated heterocycles. The number of ether oxygens (including phenoxy) is 2. The van der Waals surface area contributed by atoms with Crippen molar-refractivity contribution >= 4 is 22.5 Å². The Hall–Kier alpha value is -1.76. The van der Waals surface area contributed by atoms with Crippen LogP contribution >= 0.6 is 11.6 Å². The van der Waals surface area contributed by atoms with Crippen LogP contribution in [0.15, 0.2) is 24.3 Å². The van der Waals surface area contributed by atoms with E-state index in [1.165, 1.54) is 0 Å². The van der Waals surface area contributed by atoms with Crippen LogP contribution in [0.3, 0.4) is 0 Å². The van der Waals surface area contributed by atoms with Gasteiger partial charge in [0.2, 0.25) is 0 Å². The zero-order chi connectivity index (χ0) is 14.8. The van der Waals surface area contributed by atoms with E-state index >= 15 is 0 Å². The second-order valence-electron chi connectivity index (χ2n) is 4.94. The van der Waals surface area contributed by atoms with Gasteiger partial charge in [0.15, 0.2) is 0 Å². The normalized spacial score (nSPS) is 11.3. The molecule has 0 aliphatic rings. The maximum Gasteiger partial charge on any atom is 0.135 e. The lowest BCUT2D eigenvalue weighted by Gasteiger charge is -2.19. The first kappa shape index (κ1) is 14.6. The summed E-state index contributed by atoms with van der Waals surface area (Å²) in [4.78, 5) is 4.36. The van der Waals surface area contributed by atoms with Crippen molar-refractivity contribution in [1.29, 1.82) is 0 Å². The molecule has 0 amide bonds. The van der Waals surface area contributed by atoms with Gasteiger partial charge in [0, 0.05) is 17.0 Å². The summed E-state index contributed by atoms with van der Waals surface area (Å²) < 4.78 is 10.8. The van der Waals surface area contributed by atoms with Gasteiger partial charge in [-0.2, -0.15) is 0 Å². The number of rotatable bonds is 4. The van der Waals surface area contributed by atoms with Crippen LogP contribution in [0.2, 0.25) is 5.15 Å². The Bertz CT molecular complexity index is 674. The van der Waals surface area contributed by atoms with Gasteiger partial charge >= 0.3 is 0 Å². The number of methoxy groups -OCH3 is 1. The summed E-state index contributed by atoms with van der Waals surface area (Å²) in [7, 11) is 1.62. The number of hydrogen-bond donors (Lipinski definition) is 0. The fraction of sp³-hybridized carbons (Fsp3) is 0.312. The summed E-state index contributed by atoms with van der Waals surface area (Å²) in [6.07, 6.45) is 5.39. The fourth-order valence-corrected chi connectivity index (χ4v) is 1.90. The molecule has 0 spiro atoms. The van der Waals surface area contributed by atoms with E-state index < -0.39 is 5.60 Å². The first-order valence-corrected chi connectivity index (χ1v) is 6.58. The van der Waals surface area contributed by atoms with Gasteiger partial charge in [-0.15, -0.1) is 6.42 Å². The molecule has 0 saturated carbocycles. The number of pyridine rings is 1. The molecule has 20 heavy (non-hydrogen) atoms. The molecule has 0 atom stereocenters. The van der Waals surface area contributed by atoms with Crippen LogP contribution in [-0.2, 0) is 11.3 Å². The van der Waals surface area contributed by atoms with Crippen LogP contribution in [-0.4, -0.2) is 17.7 Å². The second kappa shape index (κ2) is 5.70. The Labute approximate surface area is 123 Å². The number of benzene rings is 1. The lowest BCUT2D eigenvalue weighted by Crippen LogP contribution is -2.21. The highest BCUT2D eigenvalue weighted by Crippen LogP contribution is 2.25. The van der Waals surface area contributed by atoms with Gasteiger partial charge in [-0.1, -0.05) is 17.5 Å². The van der Waals surface area contributed by atoms with Crippen LogP contribution in [0, 0.1) is 12.3 Å². The minimum atomic E-state index is -0.627. The van der Waals surface area contributed by atoms with Crippen LogP contribution < -0.4 is 4.74 Å². The molecule has 3 nitrogen and oxygen atoms in total. The topological polar surface area (TPSA) is 31.4 Å². The van der Waals surface area contributed by atoms with E-state index in [9.17, 15) is 0 Å². The number of nitrogens with zero attached hydrogens (tertiary/aromatic N) is 1. The summed E-state index contributed by atoms with van der Waals surface area (Å²) in [6, 6.07) is 7.62. The standard InChI is InChI=1S/C16H16ClNO2/c1-5-16(2,3)20-10-12-8-11-6-7-13(19-4)9-14(11)18-15(12)17/h1,6-9H,10H2,2-4H3. The Kier molecular flexibility index (Phi) is 4.17. The first-order chi connectivity index (χ1) is 9.45. The molecule has 2 rings (SSSR count). The van der Waals surface area contributed by atoms with Crippen molar-refractivity contribution in [1.82, 2.24) is 4.98 Å². The smallest absolute Gasteiger partial charge is 0.135 e. The van der Waals surface area contributed by atoms with Gasteiger partial charge in [-0.25, -0.2) is 4.98 Å². The molecule has 2 aromatic rings. The molecule has 0 bridgehead atoms. The maximum absolute atomic E-state index is 6.19. The highest BCUT2D eigenvalue weighted by molar-refractivity contribution is 6.30. The van der Waals surface area contributed by atoms with Crippen molar-refractivity contribution in [2.24, 2.45) is 0 Å². The number of aromatic nitrogens is 1. The van der Waals surface area contributed by atoms with Gasteiger partial charge < -0.3 is 9.47 Å². The summed E-state index contributed by atoms with van der Waals surface area (Å²) in [5.41, 5.74) is 0.972. The molecule has 0 aliphatic carbocycles. The zero-order valence-corrected chi connectivity index (χ0v) is 12.5. The number of terminal acetylenes is 1. The Balaban J connectivity index is 2.32. The molecule has 1 aromatic carbocycles. The molecule has 104 valence electrons. The average molecular weight is 290 g/mol. The minimum Gasteiger partial charge on any atom is -0.497 e. The molecule has 1 heterocycles. The average Bonchev–Trinajstić information content (AvgIpc) is 2.44. The molecule has 4 heteroatoms. The van der Waals surface area contributed by atoms with Gasteiger partial charge in [0.05, 0.1) is 19.2 Å². The summed E-state index contributed by atoms with van der Waals surface area (Å²) in [5.74, 6) is 3.33. The quantitative estimate of drug-likeness (QED) is 0.633. The third-order valence-corrected chi connectivity index (χ3v) is 3.31. The first-order valence-electron chi connectivity index (χ1n) is 6.20. The molecule has 0 unspecified atom stereocenters. The Morgan fingerprint density at radius 3 is 2.75 bits per heavy atom. The molecule has 0 radical (unpaired) electrons. The van der Waals surface area contributed by atoms with Crippen LogP contribution in [0.4, 0.5) is 0 Å². The summed E-state index contributed by atoms with van der Waals surface area (Å²) in [6.45, 7) is 3.99. The third-order valence-electron chi connectivity index (χ3n) is 2.99. The largest absolute Gasteiger partial charge is 0.497 e. The maximum atomic E-state index is 6.19. The van der Waals surface area contributed by atoms with Crippen molar-refractivity contribution < 1.29 is 9.47 Å². The van der Waals surface area contributed by atoms with E-state index in [2.05, 4.69) is 10.9 Å². The fourth-order valence-electron chi connectivity index (χ4n) is 1.70. The van der Waals surface area contributed by atoms with Crippen molar-refractivity contribution in [2.75, 3.05) is 7.11 Å². The van der Waals surface area contributed by atoms with Crippen LogP contribution in [0.1, 0.15) is 19.4 Å². The highest BCUT2D eigenvalue weighted by atomic mass is 35.5. The second-order valence-corrected chi connectivity index (χ2v) is 5.30. The summed E-state index contributed by atoms with van der Waals surface area (Å²) >= 11 is 6.19. The number of hydrogen-bond acceptors (Lipinski definition) is 3. The number of halogens is 1. The molecule has 0 N–H and O–H groups in total. The van der Waals surface area contributed by atoms with E-state index in [0.717, 1.165) is 22.2 Å². The molecule has 0 aliphatic heterocycles. The molecule has 0 fully saturated rings. The Morgan fingerprint density at radius 1 is 1.35 bits per heavy atom. The molecule has 1 aromatic heterocycles. The molecular weight excluding hydrogens is 274 g/mol. The predicted octanol–water partition coefficient (Wildman–Crippen LogP) is 3.83. The van der Waals surface area contributed by atoms with Crippen molar-refractivity contribution in [3.05, 3.63) is 35.0 Å². The lowest BCUT2D eigenvalue weighted by molar-refractivity contribution is 0.0145. The lowest BCUT2D eigenvalue weighted by atomic mass is 10.1. The van der Waals surface area contributed by atoms with Crippen LogP contribution in [0.5, 0.6) is 5.75 Å². The van der Waals surface area contributed by atoms with E-state index in [-0.39, 0.29) is 0 Å².